The Morgan fingerprint density at radius 3 is 2.69 bits per heavy atom. The Balaban J connectivity index is 1.13. The van der Waals surface area contributed by atoms with E-state index in [1.54, 1.807) is 12.4 Å². The van der Waals surface area contributed by atoms with Gasteiger partial charge in [0.25, 0.3) is 5.91 Å². The SMILES string of the molecule is CN1CCC(Nc2cccc(C(=O)NC3CC4(CCOC4)Oc4ccccc43)c2)(c2nc(-c3ccncc3)n[nH]2)CC1. The van der Waals surface area contributed by atoms with E-state index in [-0.39, 0.29) is 11.9 Å². The van der Waals surface area contributed by atoms with Crippen LogP contribution in [0.5, 0.6) is 5.75 Å². The minimum absolute atomic E-state index is 0.119. The van der Waals surface area contributed by atoms with E-state index in [4.69, 9.17) is 14.5 Å². The molecule has 0 bridgehead atoms. The fourth-order valence-electron chi connectivity index (χ4n) is 6.36. The first-order valence-electron chi connectivity index (χ1n) is 14.6. The van der Waals surface area contributed by atoms with Crippen molar-refractivity contribution in [2.75, 3.05) is 38.7 Å². The Bertz CT molecular complexity index is 1560. The molecule has 3 aliphatic rings. The predicted octanol–water partition coefficient (Wildman–Crippen LogP) is 4.31. The lowest BCUT2D eigenvalue weighted by Gasteiger charge is -2.40. The molecule has 3 N–H and O–H groups in total. The van der Waals surface area contributed by atoms with E-state index in [0.717, 1.165) is 60.7 Å². The van der Waals surface area contributed by atoms with Crippen LogP contribution in [0.15, 0.2) is 73.1 Å². The third-order valence-corrected chi connectivity index (χ3v) is 8.80. The largest absolute Gasteiger partial charge is 0.484 e. The van der Waals surface area contributed by atoms with Crippen LogP contribution in [0.1, 0.15) is 53.5 Å². The molecule has 0 radical (unpaired) electrons. The fourth-order valence-corrected chi connectivity index (χ4v) is 6.36. The molecule has 0 saturated carbocycles. The van der Waals surface area contributed by atoms with Crippen molar-refractivity contribution in [2.24, 2.45) is 0 Å². The molecule has 3 aliphatic heterocycles. The van der Waals surface area contributed by atoms with Gasteiger partial charge in [0.15, 0.2) is 11.6 Å². The van der Waals surface area contributed by atoms with Crippen LogP contribution >= 0.6 is 0 Å². The molecule has 5 heterocycles. The molecule has 2 aromatic carbocycles. The number of aromatic amines is 1. The van der Waals surface area contributed by atoms with Crippen LogP contribution in [0, 0.1) is 0 Å². The second-order valence-corrected chi connectivity index (χ2v) is 11.7. The van der Waals surface area contributed by atoms with E-state index in [2.05, 4.69) is 37.8 Å². The average molecular weight is 566 g/mol. The maximum atomic E-state index is 13.7. The number of rotatable bonds is 6. The highest BCUT2D eigenvalue weighted by atomic mass is 16.6. The summed E-state index contributed by atoms with van der Waals surface area (Å²) in [6, 6.07) is 19.3. The van der Waals surface area contributed by atoms with Gasteiger partial charge in [0.05, 0.1) is 24.8 Å². The van der Waals surface area contributed by atoms with Gasteiger partial charge in [0.2, 0.25) is 0 Å². The smallest absolute Gasteiger partial charge is 0.251 e. The predicted molar refractivity (Wildman–Crippen MR) is 158 cm³/mol. The molecule has 2 saturated heterocycles. The number of anilines is 1. The third-order valence-electron chi connectivity index (χ3n) is 8.80. The van der Waals surface area contributed by atoms with Gasteiger partial charge in [-0.2, -0.15) is 5.10 Å². The Morgan fingerprint density at radius 2 is 1.88 bits per heavy atom. The van der Waals surface area contributed by atoms with Crippen LogP contribution in [0.2, 0.25) is 0 Å². The zero-order valence-electron chi connectivity index (χ0n) is 23.7. The van der Waals surface area contributed by atoms with Crippen LogP contribution in [0.4, 0.5) is 5.69 Å². The molecular weight excluding hydrogens is 530 g/mol. The van der Waals surface area contributed by atoms with Gasteiger partial charge in [-0.15, -0.1) is 0 Å². The number of aromatic nitrogens is 4. The number of carbonyl (C=O) groups is 1. The van der Waals surface area contributed by atoms with Gasteiger partial charge in [-0.05, 0) is 56.3 Å². The monoisotopic (exact) mass is 565 g/mol. The zero-order valence-corrected chi connectivity index (χ0v) is 23.7. The second kappa shape index (κ2) is 10.8. The average Bonchev–Trinajstić information content (AvgIpc) is 3.70. The Kier molecular flexibility index (Phi) is 6.87. The first-order chi connectivity index (χ1) is 20.5. The van der Waals surface area contributed by atoms with Crippen molar-refractivity contribution in [3.05, 3.63) is 90.0 Å². The topological polar surface area (TPSA) is 117 Å². The zero-order chi connectivity index (χ0) is 28.6. The Morgan fingerprint density at radius 1 is 1.05 bits per heavy atom. The normalized spacial score (nSPS) is 23.2. The van der Waals surface area contributed by atoms with Crippen molar-refractivity contribution in [2.45, 2.75) is 42.9 Å². The van der Waals surface area contributed by atoms with Crippen molar-refractivity contribution < 1.29 is 14.3 Å². The van der Waals surface area contributed by atoms with Crippen molar-refractivity contribution in [1.29, 1.82) is 0 Å². The molecule has 10 nitrogen and oxygen atoms in total. The van der Waals surface area contributed by atoms with E-state index in [1.165, 1.54) is 0 Å². The number of para-hydroxylation sites is 1. The number of ether oxygens (including phenoxy) is 2. The maximum Gasteiger partial charge on any atom is 0.251 e. The molecule has 4 aromatic rings. The second-order valence-electron chi connectivity index (χ2n) is 11.7. The summed E-state index contributed by atoms with van der Waals surface area (Å²) < 4.78 is 12.1. The van der Waals surface area contributed by atoms with Crippen LogP contribution in [0.3, 0.4) is 0 Å². The number of nitrogens with zero attached hydrogens (tertiary/aromatic N) is 4. The summed E-state index contributed by atoms with van der Waals surface area (Å²) in [7, 11) is 2.13. The van der Waals surface area contributed by atoms with E-state index in [0.29, 0.717) is 31.0 Å². The quantitative estimate of drug-likeness (QED) is 0.317. The number of likely N-dealkylation sites (tertiary alicyclic amines) is 1. The minimum Gasteiger partial charge on any atom is -0.484 e. The van der Waals surface area contributed by atoms with E-state index in [9.17, 15) is 4.79 Å². The number of hydrogen-bond donors (Lipinski definition) is 3. The summed E-state index contributed by atoms with van der Waals surface area (Å²) >= 11 is 0. The van der Waals surface area contributed by atoms with Gasteiger partial charge in [0.1, 0.15) is 11.4 Å². The van der Waals surface area contributed by atoms with Crippen LogP contribution < -0.4 is 15.4 Å². The minimum atomic E-state index is -0.450. The van der Waals surface area contributed by atoms with Gasteiger partial charge in [-0.3, -0.25) is 14.9 Å². The highest BCUT2D eigenvalue weighted by molar-refractivity contribution is 5.95. The molecule has 2 unspecified atom stereocenters. The summed E-state index contributed by atoms with van der Waals surface area (Å²) in [5.41, 5.74) is 2.52. The number of carbonyl (C=O) groups excluding carboxylic acids is 1. The number of hydrogen-bond acceptors (Lipinski definition) is 8. The van der Waals surface area contributed by atoms with Gasteiger partial charge in [0, 0.05) is 60.7 Å². The number of pyridine rings is 1. The molecule has 42 heavy (non-hydrogen) atoms. The van der Waals surface area contributed by atoms with Crippen molar-refractivity contribution >= 4 is 11.6 Å². The molecule has 2 atom stereocenters. The molecule has 216 valence electrons. The van der Waals surface area contributed by atoms with Crippen LogP contribution in [-0.4, -0.2) is 69.9 Å². The number of amides is 1. The summed E-state index contributed by atoms with van der Waals surface area (Å²) in [6.07, 6.45) is 6.66. The molecular formula is C32H35N7O3. The molecule has 2 aromatic heterocycles. The lowest BCUT2D eigenvalue weighted by atomic mass is 9.86. The molecule has 2 fully saturated rings. The van der Waals surface area contributed by atoms with Gasteiger partial charge in [-0.1, -0.05) is 24.3 Å². The Labute approximate surface area is 244 Å². The summed E-state index contributed by atoms with van der Waals surface area (Å²) in [4.78, 5) is 25.0. The first kappa shape index (κ1) is 26.6. The standard InChI is InChI=1S/C32H35N7O3/c1-39-16-11-32(12-17-39,30-35-28(37-38-30)22-9-14-33-15-10-22)36-24-6-4-5-23(19-24)29(40)34-26-20-31(13-18-41-21-31)42-27-8-3-2-7-25(26)27/h2-10,14-15,19,26,36H,11-13,16-18,20-21H2,1H3,(H,34,40)(H,35,37,38). The van der Waals surface area contributed by atoms with E-state index < -0.39 is 11.1 Å². The van der Waals surface area contributed by atoms with E-state index >= 15 is 0 Å². The number of piperidine rings is 1. The summed E-state index contributed by atoms with van der Waals surface area (Å²) in [6.45, 7) is 3.03. The van der Waals surface area contributed by atoms with Crippen LogP contribution in [0.25, 0.3) is 11.4 Å². The maximum absolute atomic E-state index is 13.7. The van der Waals surface area contributed by atoms with E-state index in [1.807, 2.05) is 60.7 Å². The van der Waals surface area contributed by atoms with Crippen molar-refractivity contribution in [3.8, 4) is 17.1 Å². The fraction of sp³-hybridized carbons (Fsp3) is 0.375. The third kappa shape index (κ3) is 5.12. The molecule has 1 amide bonds. The molecule has 1 spiro atoms. The Hall–Kier alpha value is -4.28. The summed E-state index contributed by atoms with van der Waals surface area (Å²) in [5, 5.41) is 14.8. The van der Waals surface area contributed by atoms with Gasteiger partial charge < -0.3 is 25.0 Å². The van der Waals surface area contributed by atoms with Crippen molar-refractivity contribution in [3.63, 3.8) is 0 Å². The lowest BCUT2D eigenvalue weighted by molar-refractivity contribution is 0.0189. The molecule has 7 rings (SSSR count). The molecule has 0 aliphatic carbocycles. The highest BCUT2D eigenvalue weighted by Crippen LogP contribution is 2.43. The number of fused-ring (bicyclic) bond motifs is 1. The van der Waals surface area contributed by atoms with Gasteiger partial charge >= 0.3 is 0 Å². The number of benzene rings is 2. The first-order valence-corrected chi connectivity index (χ1v) is 14.6. The molecule has 10 heteroatoms. The van der Waals surface area contributed by atoms with Crippen LogP contribution in [-0.2, 0) is 10.3 Å². The number of nitrogens with one attached hydrogen (secondary N) is 3. The number of H-pyrrole nitrogens is 1. The summed E-state index contributed by atoms with van der Waals surface area (Å²) in [5.74, 6) is 2.13. The van der Waals surface area contributed by atoms with Gasteiger partial charge in [-0.25, -0.2) is 4.98 Å². The lowest BCUT2D eigenvalue weighted by Crippen LogP contribution is -2.46. The highest BCUT2D eigenvalue weighted by Gasteiger charge is 2.44. The van der Waals surface area contributed by atoms with Crippen molar-refractivity contribution in [1.82, 2.24) is 30.4 Å².